The van der Waals surface area contributed by atoms with Crippen molar-refractivity contribution < 1.29 is 13.6 Å². The molecule has 2 nitrogen and oxygen atoms in total. The van der Waals surface area contributed by atoms with Crippen LogP contribution in [0.25, 0.3) is 0 Å². The quantitative estimate of drug-likeness (QED) is 0.512. The SMILES string of the molecule is CC(F)(F)C1CCCCC1CN=C=O. The van der Waals surface area contributed by atoms with E-state index in [4.69, 9.17) is 0 Å². The Morgan fingerprint density at radius 1 is 1.43 bits per heavy atom. The Labute approximate surface area is 82.4 Å². The number of aliphatic imine (C=N–C) groups is 1. The van der Waals surface area contributed by atoms with E-state index in [1.54, 1.807) is 0 Å². The molecule has 0 saturated heterocycles. The number of hydrogen-bond donors (Lipinski definition) is 0. The minimum absolute atomic E-state index is 0.148. The zero-order valence-corrected chi connectivity index (χ0v) is 8.30. The Balaban J connectivity index is 2.63. The monoisotopic (exact) mass is 203 g/mol. The first-order chi connectivity index (χ1) is 6.55. The van der Waals surface area contributed by atoms with Gasteiger partial charge in [0, 0.05) is 5.92 Å². The Morgan fingerprint density at radius 3 is 2.64 bits per heavy atom. The smallest absolute Gasteiger partial charge is 0.211 e. The molecule has 0 N–H and O–H groups in total. The molecule has 0 aromatic carbocycles. The fourth-order valence-corrected chi connectivity index (χ4v) is 2.25. The Hall–Kier alpha value is -0.760. The molecule has 1 aliphatic carbocycles. The van der Waals surface area contributed by atoms with E-state index in [9.17, 15) is 13.6 Å². The van der Waals surface area contributed by atoms with Crippen molar-refractivity contribution in [1.82, 2.24) is 0 Å². The van der Waals surface area contributed by atoms with Gasteiger partial charge < -0.3 is 0 Å². The number of carbonyl (C=O) groups excluding carboxylic acids is 1. The van der Waals surface area contributed by atoms with Crippen LogP contribution in [0.15, 0.2) is 4.99 Å². The summed E-state index contributed by atoms with van der Waals surface area (Å²) in [6, 6.07) is 0. The first-order valence-electron chi connectivity index (χ1n) is 4.97. The predicted octanol–water partition coefficient (Wildman–Crippen LogP) is 2.78. The lowest BCUT2D eigenvalue weighted by atomic mass is 9.76. The van der Waals surface area contributed by atoms with Crippen LogP contribution < -0.4 is 0 Å². The highest BCUT2D eigenvalue weighted by molar-refractivity contribution is 5.32. The maximum Gasteiger partial charge on any atom is 0.248 e. The topological polar surface area (TPSA) is 29.4 Å². The summed E-state index contributed by atoms with van der Waals surface area (Å²) in [5, 5.41) is 0. The molecule has 0 bridgehead atoms. The maximum atomic E-state index is 13.1. The van der Waals surface area contributed by atoms with E-state index >= 15 is 0 Å². The average molecular weight is 203 g/mol. The Bertz CT molecular complexity index is 231. The molecule has 0 aromatic heterocycles. The molecule has 4 heteroatoms. The normalized spacial score (nSPS) is 28.2. The molecule has 0 heterocycles. The molecule has 0 radical (unpaired) electrons. The van der Waals surface area contributed by atoms with Crippen molar-refractivity contribution in [1.29, 1.82) is 0 Å². The lowest BCUT2D eigenvalue weighted by molar-refractivity contribution is -0.0747. The van der Waals surface area contributed by atoms with Crippen LogP contribution >= 0.6 is 0 Å². The molecule has 0 amide bonds. The van der Waals surface area contributed by atoms with Crippen LogP contribution in [0, 0.1) is 11.8 Å². The summed E-state index contributed by atoms with van der Waals surface area (Å²) in [5.41, 5.74) is 0. The van der Waals surface area contributed by atoms with E-state index in [0.717, 1.165) is 26.2 Å². The molecule has 2 unspecified atom stereocenters. The third-order valence-corrected chi connectivity index (χ3v) is 2.95. The van der Waals surface area contributed by atoms with Gasteiger partial charge in [0.1, 0.15) is 0 Å². The number of rotatable bonds is 3. The molecule has 1 aliphatic rings. The van der Waals surface area contributed by atoms with E-state index in [1.165, 1.54) is 6.08 Å². The van der Waals surface area contributed by atoms with Gasteiger partial charge in [-0.15, -0.1) is 0 Å². The van der Waals surface area contributed by atoms with Crippen molar-refractivity contribution in [2.24, 2.45) is 16.8 Å². The second-order valence-electron chi connectivity index (χ2n) is 4.04. The highest BCUT2D eigenvalue weighted by atomic mass is 19.3. The van der Waals surface area contributed by atoms with Crippen molar-refractivity contribution >= 4 is 6.08 Å². The lowest BCUT2D eigenvalue weighted by Crippen LogP contribution is -2.35. The van der Waals surface area contributed by atoms with Crippen LogP contribution in [0.1, 0.15) is 32.6 Å². The first-order valence-corrected chi connectivity index (χ1v) is 4.97. The molecule has 14 heavy (non-hydrogen) atoms. The summed E-state index contributed by atoms with van der Waals surface area (Å²) in [7, 11) is 0. The fraction of sp³-hybridized carbons (Fsp3) is 0.900. The number of isocyanates is 1. The second kappa shape index (κ2) is 4.65. The summed E-state index contributed by atoms with van der Waals surface area (Å²) in [6.45, 7) is 1.16. The summed E-state index contributed by atoms with van der Waals surface area (Å²) >= 11 is 0. The highest BCUT2D eigenvalue weighted by Gasteiger charge is 2.40. The first kappa shape index (κ1) is 11.3. The third-order valence-electron chi connectivity index (χ3n) is 2.95. The molecular weight excluding hydrogens is 188 g/mol. The van der Waals surface area contributed by atoms with Crippen LogP contribution in [0.2, 0.25) is 0 Å². The molecule has 0 aliphatic heterocycles. The lowest BCUT2D eigenvalue weighted by Gasteiger charge is -2.34. The van der Waals surface area contributed by atoms with Gasteiger partial charge in [-0.25, -0.2) is 18.6 Å². The summed E-state index contributed by atoms with van der Waals surface area (Å²) in [6.07, 6.45) is 4.53. The van der Waals surface area contributed by atoms with Crippen LogP contribution in [0.4, 0.5) is 8.78 Å². The summed E-state index contributed by atoms with van der Waals surface area (Å²) in [4.78, 5) is 13.3. The van der Waals surface area contributed by atoms with Crippen LogP contribution in [0.3, 0.4) is 0 Å². The number of nitrogens with zero attached hydrogens (tertiary/aromatic N) is 1. The van der Waals surface area contributed by atoms with Gasteiger partial charge in [-0.2, -0.15) is 0 Å². The molecule has 1 fully saturated rings. The Kier molecular flexibility index (Phi) is 3.76. The zero-order valence-electron chi connectivity index (χ0n) is 8.30. The number of alkyl halides is 2. The van der Waals surface area contributed by atoms with Gasteiger partial charge in [-0.3, -0.25) is 0 Å². The predicted molar refractivity (Wildman–Crippen MR) is 49.1 cm³/mol. The largest absolute Gasteiger partial charge is 0.248 e. The van der Waals surface area contributed by atoms with Gasteiger partial charge in [0.25, 0.3) is 0 Å². The van der Waals surface area contributed by atoms with E-state index in [-0.39, 0.29) is 12.5 Å². The minimum atomic E-state index is -2.65. The maximum absolute atomic E-state index is 13.1. The van der Waals surface area contributed by atoms with Crippen molar-refractivity contribution in [3.63, 3.8) is 0 Å². The molecule has 1 saturated carbocycles. The van der Waals surface area contributed by atoms with Gasteiger partial charge in [-0.1, -0.05) is 12.8 Å². The molecule has 80 valence electrons. The van der Waals surface area contributed by atoms with Crippen LogP contribution in [0.5, 0.6) is 0 Å². The van der Waals surface area contributed by atoms with Gasteiger partial charge in [-0.05, 0) is 25.7 Å². The van der Waals surface area contributed by atoms with Crippen molar-refractivity contribution in [3.05, 3.63) is 0 Å². The highest BCUT2D eigenvalue weighted by Crippen LogP contribution is 2.40. The van der Waals surface area contributed by atoms with Gasteiger partial charge in [0.05, 0.1) is 6.54 Å². The summed E-state index contributed by atoms with van der Waals surface area (Å²) in [5.74, 6) is -3.41. The number of hydrogen-bond acceptors (Lipinski definition) is 2. The zero-order chi connectivity index (χ0) is 10.6. The molecule has 2 atom stereocenters. The molecule has 0 aromatic rings. The third kappa shape index (κ3) is 2.88. The van der Waals surface area contributed by atoms with Gasteiger partial charge >= 0.3 is 0 Å². The van der Waals surface area contributed by atoms with E-state index in [0.29, 0.717) is 6.42 Å². The van der Waals surface area contributed by atoms with E-state index < -0.39 is 11.8 Å². The minimum Gasteiger partial charge on any atom is -0.211 e. The van der Waals surface area contributed by atoms with Crippen molar-refractivity contribution in [2.45, 2.75) is 38.5 Å². The second-order valence-corrected chi connectivity index (χ2v) is 4.04. The molecular formula is C10H15F2NO. The standard InChI is InChI=1S/C10H15F2NO/c1-10(11,12)9-5-3-2-4-8(9)6-13-7-14/h8-9H,2-6H2,1H3. The molecule has 1 rings (SSSR count). The fourth-order valence-electron chi connectivity index (χ4n) is 2.25. The average Bonchev–Trinajstić information content (AvgIpc) is 2.14. The van der Waals surface area contributed by atoms with E-state index in [2.05, 4.69) is 4.99 Å². The Morgan fingerprint density at radius 2 is 2.07 bits per heavy atom. The summed E-state index contributed by atoms with van der Waals surface area (Å²) < 4.78 is 26.3. The van der Waals surface area contributed by atoms with Crippen LogP contribution in [-0.2, 0) is 4.79 Å². The van der Waals surface area contributed by atoms with Gasteiger partial charge in [0.15, 0.2) is 0 Å². The molecule has 0 spiro atoms. The number of halogens is 2. The van der Waals surface area contributed by atoms with Crippen molar-refractivity contribution in [3.8, 4) is 0 Å². The van der Waals surface area contributed by atoms with Gasteiger partial charge in [0.2, 0.25) is 12.0 Å². The van der Waals surface area contributed by atoms with E-state index in [1.807, 2.05) is 0 Å². The van der Waals surface area contributed by atoms with Crippen LogP contribution in [-0.4, -0.2) is 18.5 Å². The van der Waals surface area contributed by atoms with Crippen molar-refractivity contribution in [2.75, 3.05) is 6.54 Å².